The van der Waals surface area contributed by atoms with Gasteiger partial charge in [-0.2, -0.15) is 5.10 Å². The molecule has 126 valence electrons. The number of aromatic nitrogens is 3. The number of nitrogens with two attached hydrogens (primary N) is 1. The van der Waals surface area contributed by atoms with E-state index in [9.17, 15) is 4.79 Å². The van der Waals surface area contributed by atoms with Crippen LogP contribution in [-0.2, 0) is 17.9 Å². The zero-order valence-electron chi connectivity index (χ0n) is 13.6. The summed E-state index contributed by atoms with van der Waals surface area (Å²) in [5.41, 5.74) is 8.50. The Hall–Kier alpha value is -2.21. The zero-order valence-corrected chi connectivity index (χ0v) is 13.6. The third kappa shape index (κ3) is 2.94. The van der Waals surface area contributed by atoms with Crippen LogP contribution < -0.4 is 11.1 Å². The van der Waals surface area contributed by atoms with E-state index in [-0.39, 0.29) is 17.9 Å². The summed E-state index contributed by atoms with van der Waals surface area (Å²) in [4.78, 5) is 16.4. The number of amides is 1. The molecule has 2 aliphatic carbocycles. The number of hydrogen-bond acceptors (Lipinski definition) is 4. The molecule has 1 heterocycles. The van der Waals surface area contributed by atoms with Crippen molar-refractivity contribution in [2.24, 2.45) is 23.5 Å². The molecule has 0 aliphatic heterocycles. The molecule has 3 N–H and O–H groups in total. The van der Waals surface area contributed by atoms with Crippen LogP contribution in [0.5, 0.6) is 0 Å². The standard InChI is InChI=1S/C18H23N5O/c19-17-15-6-5-14(7-15)16(17)18(24)21-8-12-1-3-13(4-2-12)9-23-11-20-10-22-23/h1-4,10-11,14-17H,5-9,19H2,(H,21,24). The van der Waals surface area contributed by atoms with Crippen molar-refractivity contribution in [3.8, 4) is 0 Å². The molecule has 2 bridgehead atoms. The molecular formula is C18H23N5O. The van der Waals surface area contributed by atoms with Crippen LogP contribution in [0, 0.1) is 17.8 Å². The summed E-state index contributed by atoms with van der Waals surface area (Å²) in [6.45, 7) is 1.26. The third-order valence-corrected chi connectivity index (χ3v) is 5.58. The number of fused-ring (bicyclic) bond motifs is 2. The van der Waals surface area contributed by atoms with Crippen LogP contribution >= 0.6 is 0 Å². The topological polar surface area (TPSA) is 85.8 Å². The van der Waals surface area contributed by atoms with Crippen molar-refractivity contribution in [2.45, 2.75) is 38.4 Å². The van der Waals surface area contributed by atoms with Crippen LogP contribution in [0.15, 0.2) is 36.9 Å². The number of nitrogens with zero attached hydrogens (tertiary/aromatic N) is 3. The van der Waals surface area contributed by atoms with Crippen molar-refractivity contribution >= 4 is 5.91 Å². The van der Waals surface area contributed by atoms with Crippen molar-refractivity contribution in [3.05, 3.63) is 48.0 Å². The first-order chi connectivity index (χ1) is 11.7. The van der Waals surface area contributed by atoms with E-state index in [1.807, 2.05) is 12.1 Å². The molecule has 2 saturated carbocycles. The molecule has 4 rings (SSSR count). The van der Waals surface area contributed by atoms with Crippen molar-refractivity contribution in [1.29, 1.82) is 0 Å². The second-order valence-corrected chi connectivity index (χ2v) is 7.06. The van der Waals surface area contributed by atoms with Gasteiger partial charge in [0.1, 0.15) is 12.7 Å². The summed E-state index contributed by atoms with van der Waals surface area (Å²) >= 11 is 0. The average molecular weight is 325 g/mol. The van der Waals surface area contributed by atoms with E-state index in [0.717, 1.165) is 24.0 Å². The third-order valence-electron chi connectivity index (χ3n) is 5.58. The Morgan fingerprint density at radius 2 is 1.96 bits per heavy atom. The van der Waals surface area contributed by atoms with Gasteiger partial charge >= 0.3 is 0 Å². The lowest BCUT2D eigenvalue weighted by molar-refractivity contribution is -0.127. The molecule has 0 spiro atoms. The molecule has 2 aromatic rings. The smallest absolute Gasteiger partial charge is 0.225 e. The SMILES string of the molecule is NC1C2CCC(C2)C1C(=O)NCc1ccc(Cn2cncn2)cc1. The van der Waals surface area contributed by atoms with Crippen LogP contribution in [0.1, 0.15) is 30.4 Å². The fraction of sp³-hybridized carbons (Fsp3) is 0.500. The maximum absolute atomic E-state index is 12.5. The van der Waals surface area contributed by atoms with E-state index in [1.165, 1.54) is 12.7 Å². The second-order valence-electron chi connectivity index (χ2n) is 7.06. The lowest BCUT2D eigenvalue weighted by Crippen LogP contribution is -2.45. The van der Waals surface area contributed by atoms with Crippen LogP contribution in [0.2, 0.25) is 0 Å². The van der Waals surface area contributed by atoms with Crippen molar-refractivity contribution < 1.29 is 4.79 Å². The van der Waals surface area contributed by atoms with Crippen LogP contribution in [0.4, 0.5) is 0 Å². The minimum atomic E-state index is 0.00957. The van der Waals surface area contributed by atoms with E-state index in [2.05, 4.69) is 27.5 Å². The Morgan fingerprint density at radius 3 is 2.62 bits per heavy atom. The summed E-state index contributed by atoms with van der Waals surface area (Å²) in [5, 5.41) is 7.17. The number of hydrogen-bond donors (Lipinski definition) is 2. The first-order valence-corrected chi connectivity index (χ1v) is 8.64. The summed E-state index contributed by atoms with van der Waals surface area (Å²) in [5.74, 6) is 1.19. The number of carbonyl (C=O) groups is 1. The predicted molar refractivity (Wildman–Crippen MR) is 89.7 cm³/mol. The lowest BCUT2D eigenvalue weighted by atomic mass is 9.84. The minimum Gasteiger partial charge on any atom is -0.352 e. The van der Waals surface area contributed by atoms with Gasteiger partial charge in [-0.3, -0.25) is 4.79 Å². The number of nitrogens with one attached hydrogen (secondary N) is 1. The second kappa shape index (κ2) is 6.36. The number of benzene rings is 1. The summed E-state index contributed by atoms with van der Waals surface area (Å²) in [6.07, 6.45) is 6.73. The highest BCUT2D eigenvalue weighted by Crippen LogP contribution is 2.47. The van der Waals surface area contributed by atoms with Crippen LogP contribution in [-0.4, -0.2) is 26.7 Å². The highest BCUT2D eigenvalue weighted by molar-refractivity contribution is 5.80. The Balaban J connectivity index is 1.32. The van der Waals surface area contributed by atoms with E-state index < -0.39 is 0 Å². The molecule has 0 saturated heterocycles. The number of rotatable bonds is 5. The maximum atomic E-state index is 12.5. The normalized spacial score (nSPS) is 28.2. The van der Waals surface area contributed by atoms with E-state index in [0.29, 0.717) is 24.9 Å². The summed E-state index contributed by atoms with van der Waals surface area (Å²) < 4.78 is 1.79. The van der Waals surface area contributed by atoms with Crippen LogP contribution in [0.3, 0.4) is 0 Å². The molecule has 2 aliphatic rings. The molecule has 1 aromatic heterocycles. The summed E-state index contributed by atoms with van der Waals surface area (Å²) in [6, 6.07) is 8.27. The largest absolute Gasteiger partial charge is 0.352 e. The van der Waals surface area contributed by atoms with Gasteiger partial charge in [-0.05, 0) is 42.2 Å². The fourth-order valence-electron chi connectivity index (χ4n) is 4.30. The highest BCUT2D eigenvalue weighted by atomic mass is 16.1. The summed E-state index contributed by atoms with van der Waals surface area (Å²) in [7, 11) is 0. The quantitative estimate of drug-likeness (QED) is 0.868. The Kier molecular flexibility index (Phi) is 4.06. The molecule has 2 fully saturated rings. The molecule has 1 amide bonds. The van der Waals surface area contributed by atoms with Gasteiger partial charge in [-0.1, -0.05) is 24.3 Å². The molecule has 6 nitrogen and oxygen atoms in total. The van der Waals surface area contributed by atoms with Crippen molar-refractivity contribution in [1.82, 2.24) is 20.1 Å². The first kappa shape index (κ1) is 15.3. The van der Waals surface area contributed by atoms with Gasteiger partial charge in [0, 0.05) is 12.6 Å². The lowest BCUT2D eigenvalue weighted by Gasteiger charge is -2.27. The molecule has 0 radical (unpaired) electrons. The predicted octanol–water partition coefficient (Wildman–Crippen LogP) is 1.32. The Bertz CT molecular complexity index is 695. The molecule has 1 aromatic carbocycles. The zero-order chi connectivity index (χ0) is 16.5. The molecule has 6 heteroatoms. The Labute approximate surface area is 141 Å². The number of carbonyl (C=O) groups excluding carboxylic acids is 1. The molecule has 4 atom stereocenters. The van der Waals surface area contributed by atoms with Gasteiger partial charge in [-0.25, -0.2) is 9.67 Å². The molecular weight excluding hydrogens is 302 g/mol. The van der Waals surface area contributed by atoms with Gasteiger partial charge in [0.15, 0.2) is 0 Å². The first-order valence-electron chi connectivity index (χ1n) is 8.64. The van der Waals surface area contributed by atoms with Gasteiger partial charge in [0.25, 0.3) is 0 Å². The van der Waals surface area contributed by atoms with E-state index in [4.69, 9.17) is 5.73 Å². The monoisotopic (exact) mass is 325 g/mol. The maximum Gasteiger partial charge on any atom is 0.225 e. The van der Waals surface area contributed by atoms with Gasteiger partial charge in [0.2, 0.25) is 5.91 Å². The van der Waals surface area contributed by atoms with Crippen LogP contribution in [0.25, 0.3) is 0 Å². The minimum absolute atomic E-state index is 0.00957. The van der Waals surface area contributed by atoms with Gasteiger partial charge in [-0.15, -0.1) is 0 Å². The van der Waals surface area contributed by atoms with Crippen molar-refractivity contribution in [2.75, 3.05) is 0 Å². The molecule has 4 unspecified atom stereocenters. The van der Waals surface area contributed by atoms with E-state index >= 15 is 0 Å². The Morgan fingerprint density at radius 1 is 1.21 bits per heavy atom. The fourth-order valence-corrected chi connectivity index (χ4v) is 4.30. The van der Waals surface area contributed by atoms with E-state index in [1.54, 1.807) is 11.0 Å². The van der Waals surface area contributed by atoms with Crippen molar-refractivity contribution in [3.63, 3.8) is 0 Å². The molecule has 24 heavy (non-hydrogen) atoms. The van der Waals surface area contributed by atoms with Gasteiger partial charge < -0.3 is 11.1 Å². The highest BCUT2D eigenvalue weighted by Gasteiger charge is 2.48. The van der Waals surface area contributed by atoms with Gasteiger partial charge in [0.05, 0.1) is 12.5 Å². The average Bonchev–Trinajstić information content (AvgIpc) is 3.31.